The Kier molecular flexibility index (Phi) is 4.49. The molecular formula is C14H10BrClOS. The summed E-state index contributed by atoms with van der Waals surface area (Å²) in [5.74, 6) is 0.0520. The molecule has 2 aromatic rings. The lowest BCUT2D eigenvalue weighted by Crippen LogP contribution is -1.93. The van der Waals surface area contributed by atoms with Crippen molar-refractivity contribution in [3.8, 4) is 0 Å². The first-order valence-corrected chi connectivity index (χ1v) is 7.29. The van der Waals surface area contributed by atoms with Crippen molar-refractivity contribution < 1.29 is 4.79 Å². The molecule has 0 N–H and O–H groups in total. The number of benzene rings is 2. The average molecular weight is 342 g/mol. The van der Waals surface area contributed by atoms with Crippen molar-refractivity contribution in [3.63, 3.8) is 0 Å². The first-order valence-electron chi connectivity index (χ1n) is 5.31. The van der Waals surface area contributed by atoms with Gasteiger partial charge in [0, 0.05) is 19.8 Å². The first-order chi connectivity index (χ1) is 8.58. The summed E-state index contributed by atoms with van der Waals surface area (Å²) in [6.07, 6.45) is 0. The number of rotatable bonds is 3. The van der Waals surface area contributed by atoms with Gasteiger partial charge in [0.25, 0.3) is 0 Å². The van der Waals surface area contributed by atoms with Crippen LogP contribution in [0.25, 0.3) is 0 Å². The zero-order chi connectivity index (χ0) is 13.1. The van der Waals surface area contributed by atoms with Gasteiger partial charge in [-0.05, 0) is 37.3 Å². The molecular weight excluding hydrogens is 332 g/mol. The minimum atomic E-state index is 0.0520. The lowest BCUT2D eigenvalue weighted by atomic mass is 10.2. The Hall–Kier alpha value is -0.770. The molecule has 0 aromatic heterocycles. The standard InChI is InChI=1S/C14H10BrClOS/c1-9(17)11-7-6-10(8-12(11)15)18-14-5-3-2-4-13(14)16/h2-8H,1H3. The van der Waals surface area contributed by atoms with E-state index in [1.165, 1.54) is 0 Å². The van der Waals surface area contributed by atoms with Crippen LogP contribution in [0.4, 0.5) is 0 Å². The quantitative estimate of drug-likeness (QED) is 0.690. The summed E-state index contributed by atoms with van der Waals surface area (Å²) in [5, 5.41) is 0.731. The summed E-state index contributed by atoms with van der Waals surface area (Å²) < 4.78 is 0.812. The molecule has 0 aliphatic carbocycles. The highest BCUT2D eigenvalue weighted by Crippen LogP contribution is 2.34. The van der Waals surface area contributed by atoms with Crippen LogP contribution in [0, 0.1) is 0 Å². The molecule has 1 nitrogen and oxygen atoms in total. The van der Waals surface area contributed by atoms with E-state index in [1.807, 2.05) is 42.5 Å². The third kappa shape index (κ3) is 3.16. The monoisotopic (exact) mass is 340 g/mol. The van der Waals surface area contributed by atoms with Crippen molar-refractivity contribution in [3.05, 3.63) is 57.5 Å². The molecule has 0 fully saturated rings. The van der Waals surface area contributed by atoms with Crippen LogP contribution in [0.2, 0.25) is 5.02 Å². The maximum atomic E-state index is 11.3. The van der Waals surface area contributed by atoms with Gasteiger partial charge in [0.2, 0.25) is 0 Å². The molecule has 0 aliphatic heterocycles. The predicted octanol–water partition coefficient (Wildman–Crippen LogP) is 5.46. The minimum Gasteiger partial charge on any atom is -0.294 e. The van der Waals surface area contributed by atoms with Crippen molar-refractivity contribution in [2.24, 2.45) is 0 Å². The first kappa shape index (κ1) is 13.7. The Morgan fingerprint density at radius 2 is 1.94 bits per heavy atom. The van der Waals surface area contributed by atoms with Gasteiger partial charge in [-0.25, -0.2) is 0 Å². The molecule has 0 saturated carbocycles. The molecule has 2 rings (SSSR count). The van der Waals surface area contributed by atoms with E-state index < -0.39 is 0 Å². The van der Waals surface area contributed by atoms with Gasteiger partial charge in [0.05, 0.1) is 5.02 Å². The van der Waals surface area contributed by atoms with Crippen LogP contribution < -0.4 is 0 Å². The van der Waals surface area contributed by atoms with E-state index in [0.29, 0.717) is 5.56 Å². The van der Waals surface area contributed by atoms with Crippen LogP contribution in [0.1, 0.15) is 17.3 Å². The Morgan fingerprint density at radius 3 is 2.56 bits per heavy atom. The Labute approximate surface area is 124 Å². The van der Waals surface area contributed by atoms with Crippen LogP contribution >= 0.6 is 39.3 Å². The Bertz CT molecular complexity index is 598. The van der Waals surface area contributed by atoms with Gasteiger partial charge in [-0.1, -0.05) is 51.4 Å². The van der Waals surface area contributed by atoms with Crippen LogP contribution in [0.3, 0.4) is 0 Å². The molecule has 18 heavy (non-hydrogen) atoms. The van der Waals surface area contributed by atoms with Gasteiger partial charge < -0.3 is 0 Å². The molecule has 0 radical (unpaired) electrons. The number of carbonyl (C=O) groups excluding carboxylic acids is 1. The molecule has 0 amide bonds. The number of hydrogen-bond acceptors (Lipinski definition) is 2. The van der Waals surface area contributed by atoms with Crippen molar-refractivity contribution >= 4 is 45.1 Å². The molecule has 2 aromatic carbocycles. The summed E-state index contributed by atoms with van der Waals surface area (Å²) in [7, 11) is 0. The van der Waals surface area contributed by atoms with Gasteiger partial charge in [-0.15, -0.1) is 0 Å². The van der Waals surface area contributed by atoms with Crippen molar-refractivity contribution in [2.45, 2.75) is 16.7 Å². The highest BCUT2D eigenvalue weighted by atomic mass is 79.9. The van der Waals surface area contributed by atoms with E-state index in [9.17, 15) is 4.79 Å². The van der Waals surface area contributed by atoms with Gasteiger partial charge in [0.1, 0.15) is 0 Å². The zero-order valence-corrected chi connectivity index (χ0v) is 12.8. The van der Waals surface area contributed by atoms with Gasteiger partial charge in [-0.2, -0.15) is 0 Å². The molecule has 4 heteroatoms. The van der Waals surface area contributed by atoms with E-state index in [2.05, 4.69) is 15.9 Å². The fourth-order valence-corrected chi connectivity index (χ4v) is 3.44. The van der Waals surface area contributed by atoms with E-state index >= 15 is 0 Å². The van der Waals surface area contributed by atoms with E-state index in [-0.39, 0.29) is 5.78 Å². The zero-order valence-electron chi connectivity index (χ0n) is 9.61. The van der Waals surface area contributed by atoms with Crippen LogP contribution in [0.5, 0.6) is 0 Å². The third-order valence-corrected chi connectivity index (χ3v) is 4.55. The van der Waals surface area contributed by atoms with Gasteiger partial charge in [0.15, 0.2) is 5.78 Å². The van der Waals surface area contributed by atoms with Crippen LogP contribution in [-0.2, 0) is 0 Å². The normalized spacial score (nSPS) is 10.4. The lowest BCUT2D eigenvalue weighted by Gasteiger charge is -2.06. The largest absolute Gasteiger partial charge is 0.294 e. The smallest absolute Gasteiger partial charge is 0.160 e. The second kappa shape index (κ2) is 5.91. The molecule has 0 bridgehead atoms. The molecule has 0 unspecified atom stereocenters. The van der Waals surface area contributed by atoms with E-state index in [1.54, 1.807) is 18.7 Å². The molecule has 0 spiro atoms. The SMILES string of the molecule is CC(=O)c1ccc(Sc2ccccc2Cl)cc1Br. The van der Waals surface area contributed by atoms with Crippen LogP contribution in [-0.4, -0.2) is 5.78 Å². The second-order valence-electron chi connectivity index (χ2n) is 3.73. The summed E-state index contributed by atoms with van der Waals surface area (Å²) in [4.78, 5) is 13.4. The van der Waals surface area contributed by atoms with Crippen molar-refractivity contribution in [1.82, 2.24) is 0 Å². The molecule has 0 atom stereocenters. The number of Topliss-reactive ketones (excluding diaryl/α,β-unsaturated/α-hetero) is 1. The van der Waals surface area contributed by atoms with E-state index in [4.69, 9.17) is 11.6 Å². The van der Waals surface area contributed by atoms with E-state index in [0.717, 1.165) is 19.3 Å². The highest BCUT2D eigenvalue weighted by molar-refractivity contribution is 9.10. The predicted molar refractivity (Wildman–Crippen MR) is 79.7 cm³/mol. The maximum absolute atomic E-state index is 11.3. The number of ketones is 1. The summed E-state index contributed by atoms with van der Waals surface area (Å²) in [6, 6.07) is 13.4. The average Bonchev–Trinajstić information content (AvgIpc) is 2.32. The topological polar surface area (TPSA) is 17.1 Å². The third-order valence-electron chi connectivity index (χ3n) is 2.38. The van der Waals surface area contributed by atoms with Gasteiger partial charge in [-0.3, -0.25) is 4.79 Å². The lowest BCUT2D eigenvalue weighted by molar-refractivity contribution is 0.101. The van der Waals surface area contributed by atoms with Crippen molar-refractivity contribution in [1.29, 1.82) is 0 Å². The van der Waals surface area contributed by atoms with Crippen LogP contribution in [0.15, 0.2) is 56.7 Å². The minimum absolute atomic E-state index is 0.0520. The Morgan fingerprint density at radius 1 is 1.22 bits per heavy atom. The van der Waals surface area contributed by atoms with Gasteiger partial charge >= 0.3 is 0 Å². The fourth-order valence-electron chi connectivity index (χ4n) is 1.50. The maximum Gasteiger partial charge on any atom is 0.160 e. The number of halogens is 2. The number of hydrogen-bond donors (Lipinski definition) is 0. The highest BCUT2D eigenvalue weighted by Gasteiger charge is 2.07. The molecule has 0 heterocycles. The summed E-state index contributed by atoms with van der Waals surface area (Å²) in [6.45, 7) is 1.56. The number of carbonyl (C=O) groups is 1. The molecule has 0 aliphatic rings. The van der Waals surface area contributed by atoms with Crippen molar-refractivity contribution in [2.75, 3.05) is 0 Å². The summed E-state index contributed by atoms with van der Waals surface area (Å²) >= 11 is 11.1. The summed E-state index contributed by atoms with van der Waals surface area (Å²) in [5.41, 5.74) is 0.693. The second-order valence-corrected chi connectivity index (χ2v) is 6.11. The fraction of sp³-hybridized carbons (Fsp3) is 0.0714. The Balaban J connectivity index is 2.29. The molecule has 0 saturated heterocycles. The molecule has 92 valence electrons.